The molecular weight excluding hydrogens is 356 g/mol. The summed E-state index contributed by atoms with van der Waals surface area (Å²) in [5.41, 5.74) is 4.58. The molecule has 3 nitrogen and oxygen atoms in total. The Balaban J connectivity index is 1.78. The molecule has 1 aromatic carbocycles. The lowest BCUT2D eigenvalue weighted by molar-refractivity contribution is -0.00486. The predicted molar refractivity (Wildman–Crippen MR) is 115 cm³/mol. The standard InChI is InChI=1S/C23H35ClN2O/c1-22(2,3)26-14-12-25(13-15-26)17-19-16-23(4,27-5)11-10-21(19)18-6-8-20(24)9-7-18/h6-9H,10-17H2,1-5H3. The number of methoxy groups -OCH3 is 1. The molecule has 1 unspecified atom stereocenters. The largest absolute Gasteiger partial charge is 0.378 e. The smallest absolute Gasteiger partial charge is 0.0691 e. The van der Waals surface area contributed by atoms with Crippen molar-refractivity contribution in [2.75, 3.05) is 39.8 Å². The predicted octanol–water partition coefficient (Wildman–Crippen LogP) is 5.10. The number of rotatable bonds is 4. The quantitative estimate of drug-likeness (QED) is 0.711. The minimum absolute atomic E-state index is 0.0432. The van der Waals surface area contributed by atoms with Crippen LogP contribution in [0.1, 0.15) is 52.5 Å². The number of hydrogen-bond donors (Lipinski definition) is 0. The van der Waals surface area contributed by atoms with E-state index in [1.54, 1.807) is 0 Å². The molecule has 0 bridgehead atoms. The van der Waals surface area contributed by atoms with E-state index in [4.69, 9.17) is 16.3 Å². The van der Waals surface area contributed by atoms with Crippen LogP contribution < -0.4 is 0 Å². The van der Waals surface area contributed by atoms with Gasteiger partial charge in [0.2, 0.25) is 0 Å². The molecule has 1 saturated heterocycles. The van der Waals surface area contributed by atoms with Gasteiger partial charge in [0.1, 0.15) is 0 Å². The molecule has 1 heterocycles. The second-order valence-corrected chi connectivity index (χ2v) is 9.79. The molecule has 3 rings (SSSR count). The molecule has 2 aliphatic rings. The Morgan fingerprint density at radius 1 is 1.07 bits per heavy atom. The van der Waals surface area contributed by atoms with Crippen molar-refractivity contribution in [1.29, 1.82) is 0 Å². The summed E-state index contributed by atoms with van der Waals surface area (Å²) < 4.78 is 5.88. The van der Waals surface area contributed by atoms with Gasteiger partial charge in [-0.3, -0.25) is 9.80 Å². The van der Waals surface area contributed by atoms with E-state index in [9.17, 15) is 0 Å². The maximum Gasteiger partial charge on any atom is 0.0691 e. The van der Waals surface area contributed by atoms with Crippen molar-refractivity contribution in [3.8, 4) is 0 Å². The average Bonchev–Trinajstić information content (AvgIpc) is 2.63. The first-order chi connectivity index (χ1) is 12.7. The van der Waals surface area contributed by atoms with Crippen molar-refractivity contribution in [2.45, 2.75) is 58.1 Å². The van der Waals surface area contributed by atoms with Crippen molar-refractivity contribution in [3.63, 3.8) is 0 Å². The summed E-state index contributed by atoms with van der Waals surface area (Å²) in [7, 11) is 1.85. The van der Waals surface area contributed by atoms with E-state index in [0.717, 1.165) is 57.0 Å². The molecule has 0 amide bonds. The van der Waals surface area contributed by atoms with Crippen LogP contribution in [0.25, 0.3) is 5.57 Å². The highest BCUT2D eigenvalue weighted by atomic mass is 35.5. The Bertz CT molecular complexity index is 669. The minimum atomic E-state index is -0.0432. The van der Waals surface area contributed by atoms with Crippen molar-refractivity contribution in [3.05, 3.63) is 40.4 Å². The Kier molecular flexibility index (Phi) is 6.37. The SMILES string of the molecule is COC1(C)CCC(c2ccc(Cl)cc2)=C(CN2CCN(C(C)(C)C)CC2)C1. The first kappa shape index (κ1) is 20.9. The fourth-order valence-corrected chi connectivity index (χ4v) is 4.51. The van der Waals surface area contributed by atoms with Gasteiger partial charge in [0.25, 0.3) is 0 Å². The van der Waals surface area contributed by atoms with E-state index in [2.05, 4.69) is 49.6 Å². The number of hydrogen-bond acceptors (Lipinski definition) is 3. The van der Waals surface area contributed by atoms with Crippen molar-refractivity contribution in [1.82, 2.24) is 9.80 Å². The van der Waals surface area contributed by atoms with Gasteiger partial charge >= 0.3 is 0 Å². The Labute approximate surface area is 170 Å². The molecular formula is C23H35ClN2O. The second-order valence-electron chi connectivity index (χ2n) is 9.35. The van der Waals surface area contributed by atoms with Crippen LogP contribution in [0.5, 0.6) is 0 Å². The van der Waals surface area contributed by atoms with Gasteiger partial charge in [0, 0.05) is 50.4 Å². The molecule has 27 heavy (non-hydrogen) atoms. The van der Waals surface area contributed by atoms with E-state index in [0.29, 0.717) is 0 Å². The van der Waals surface area contributed by atoms with E-state index in [1.165, 1.54) is 16.7 Å². The van der Waals surface area contributed by atoms with Gasteiger partial charge in [-0.15, -0.1) is 0 Å². The van der Waals surface area contributed by atoms with Crippen LogP contribution in [0.2, 0.25) is 5.02 Å². The first-order valence-corrected chi connectivity index (χ1v) is 10.6. The molecule has 1 aliphatic heterocycles. The third-order valence-corrected chi connectivity index (χ3v) is 6.59. The number of ether oxygens (including phenoxy) is 1. The molecule has 1 atom stereocenters. The summed E-state index contributed by atoms with van der Waals surface area (Å²) in [5, 5.41) is 0.803. The molecule has 0 N–H and O–H groups in total. The first-order valence-electron chi connectivity index (χ1n) is 10.2. The summed E-state index contributed by atoms with van der Waals surface area (Å²) in [4.78, 5) is 5.22. The number of allylic oxidation sites excluding steroid dienone is 1. The van der Waals surface area contributed by atoms with Gasteiger partial charge in [0.15, 0.2) is 0 Å². The maximum atomic E-state index is 6.11. The van der Waals surface area contributed by atoms with Crippen LogP contribution in [-0.4, -0.2) is 60.8 Å². The van der Waals surface area contributed by atoms with Crippen LogP contribution in [-0.2, 0) is 4.74 Å². The molecule has 4 heteroatoms. The van der Waals surface area contributed by atoms with E-state index in [1.807, 2.05) is 19.2 Å². The summed E-state index contributed by atoms with van der Waals surface area (Å²) in [5.74, 6) is 0. The summed E-state index contributed by atoms with van der Waals surface area (Å²) in [6.07, 6.45) is 3.16. The maximum absolute atomic E-state index is 6.11. The number of piperazine rings is 1. The fraction of sp³-hybridized carbons (Fsp3) is 0.652. The van der Waals surface area contributed by atoms with Crippen LogP contribution >= 0.6 is 11.6 Å². The zero-order valence-electron chi connectivity index (χ0n) is 17.6. The van der Waals surface area contributed by atoms with Gasteiger partial charge < -0.3 is 4.74 Å². The molecule has 0 saturated carbocycles. The third kappa shape index (κ3) is 5.14. The van der Waals surface area contributed by atoms with Gasteiger partial charge in [-0.2, -0.15) is 0 Å². The minimum Gasteiger partial charge on any atom is -0.378 e. The molecule has 0 radical (unpaired) electrons. The van der Waals surface area contributed by atoms with Crippen molar-refractivity contribution in [2.24, 2.45) is 0 Å². The van der Waals surface area contributed by atoms with Crippen LogP contribution in [0, 0.1) is 0 Å². The third-order valence-electron chi connectivity index (χ3n) is 6.34. The molecule has 1 fully saturated rings. The molecule has 0 spiro atoms. The van der Waals surface area contributed by atoms with Crippen LogP contribution in [0.3, 0.4) is 0 Å². The zero-order chi connectivity index (χ0) is 19.7. The van der Waals surface area contributed by atoms with Gasteiger partial charge in [0.05, 0.1) is 5.60 Å². The fourth-order valence-electron chi connectivity index (χ4n) is 4.38. The number of benzene rings is 1. The number of nitrogens with zero attached hydrogens (tertiary/aromatic N) is 2. The lowest BCUT2D eigenvalue weighted by Gasteiger charge is -2.43. The van der Waals surface area contributed by atoms with Crippen LogP contribution in [0.15, 0.2) is 29.8 Å². The lowest BCUT2D eigenvalue weighted by Crippen LogP contribution is -2.53. The Morgan fingerprint density at radius 2 is 1.70 bits per heavy atom. The monoisotopic (exact) mass is 390 g/mol. The molecule has 1 aromatic rings. The Hall–Kier alpha value is -0.870. The van der Waals surface area contributed by atoms with E-state index in [-0.39, 0.29) is 11.1 Å². The van der Waals surface area contributed by atoms with Crippen molar-refractivity contribution >= 4 is 17.2 Å². The van der Waals surface area contributed by atoms with Crippen LogP contribution in [0.4, 0.5) is 0 Å². The van der Waals surface area contributed by atoms with Gasteiger partial charge in [-0.1, -0.05) is 23.7 Å². The van der Waals surface area contributed by atoms with Gasteiger partial charge in [-0.25, -0.2) is 0 Å². The molecule has 0 aromatic heterocycles. The molecule has 150 valence electrons. The Morgan fingerprint density at radius 3 is 2.26 bits per heavy atom. The van der Waals surface area contributed by atoms with E-state index >= 15 is 0 Å². The van der Waals surface area contributed by atoms with Gasteiger partial charge in [-0.05, 0) is 75.8 Å². The highest BCUT2D eigenvalue weighted by Gasteiger charge is 2.33. The second kappa shape index (κ2) is 8.24. The van der Waals surface area contributed by atoms with Crippen molar-refractivity contribution < 1.29 is 4.74 Å². The summed E-state index contributed by atoms with van der Waals surface area (Å²) >= 11 is 6.11. The lowest BCUT2D eigenvalue weighted by atomic mass is 9.79. The highest BCUT2D eigenvalue weighted by Crippen LogP contribution is 2.40. The number of halogens is 1. The van der Waals surface area contributed by atoms with E-state index < -0.39 is 0 Å². The summed E-state index contributed by atoms with van der Waals surface area (Å²) in [6, 6.07) is 8.36. The topological polar surface area (TPSA) is 15.7 Å². The highest BCUT2D eigenvalue weighted by molar-refractivity contribution is 6.30. The zero-order valence-corrected chi connectivity index (χ0v) is 18.4. The summed E-state index contributed by atoms with van der Waals surface area (Å²) in [6.45, 7) is 14.8. The average molecular weight is 391 g/mol. The molecule has 1 aliphatic carbocycles. The normalized spacial score (nSPS) is 25.9.